The van der Waals surface area contributed by atoms with Crippen LogP contribution in [-0.2, 0) is 14.8 Å². The molecule has 0 radical (unpaired) electrons. The van der Waals surface area contributed by atoms with E-state index in [1.54, 1.807) is 4.90 Å². The first-order valence-electron chi connectivity index (χ1n) is 7.36. The number of nitrogens with zero attached hydrogens (tertiary/aromatic N) is 1. The molecule has 8 nitrogen and oxygen atoms in total. The number of piperidine rings is 1. The maximum atomic E-state index is 12.3. The minimum Gasteiger partial charge on any atom is -0.408 e. The molecule has 1 aromatic heterocycles. The second-order valence-corrected chi connectivity index (χ2v) is 7.18. The van der Waals surface area contributed by atoms with E-state index < -0.39 is 15.8 Å². The van der Waals surface area contributed by atoms with E-state index in [2.05, 4.69) is 9.71 Å². The topological polar surface area (TPSA) is 112 Å². The number of benzene rings is 1. The highest BCUT2D eigenvalue weighted by Crippen LogP contribution is 2.16. The summed E-state index contributed by atoms with van der Waals surface area (Å²) in [6.07, 6.45) is 2.36. The van der Waals surface area contributed by atoms with Gasteiger partial charge in [-0.1, -0.05) is 0 Å². The first-order valence-corrected chi connectivity index (χ1v) is 8.84. The molecular formula is C14H17N3O5S. The summed E-state index contributed by atoms with van der Waals surface area (Å²) in [6.45, 7) is 1.16. The van der Waals surface area contributed by atoms with E-state index in [4.69, 9.17) is 4.42 Å². The van der Waals surface area contributed by atoms with Crippen LogP contribution < -0.4 is 10.5 Å². The van der Waals surface area contributed by atoms with Crippen LogP contribution in [0.1, 0.15) is 19.3 Å². The van der Waals surface area contributed by atoms with Crippen LogP contribution in [0.4, 0.5) is 0 Å². The average Bonchev–Trinajstić information content (AvgIpc) is 2.88. The number of aromatic amines is 1. The number of nitrogens with one attached hydrogen (secondary N) is 2. The van der Waals surface area contributed by atoms with E-state index in [9.17, 15) is 18.0 Å². The van der Waals surface area contributed by atoms with Gasteiger partial charge in [-0.3, -0.25) is 9.78 Å². The highest BCUT2D eigenvalue weighted by molar-refractivity contribution is 7.89. The Morgan fingerprint density at radius 2 is 2.09 bits per heavy atom. The number of carbonyl (C=O) groups is 1. The summed E-state index contributed by atoms with van der Waals surface area (Å²) >= 11 is 0. The van der Waals surface area contributed by atoms with Crippen molar-refractivity contribution in [2.24, 2.45) is 0 Å². The fraction of sp³-hybridized carbons (Fsp3) is 0.429. The highest BCUT2D eigenvalue weighted by Gasteiger charge is 2.19. The second-order valence-electron chi connectivity index (χ2n) is 5.41. The van der Waals surface area contributed by atoms with Crippen LogP contribution in [0.15, 0.2) is 32.3 Å². The number of fused-ring (bicyclic) bond motifs is 1. The number of oxazole rings is 1. The first kappa shape index (κ1) is 15.8. The zero-order valence-corrected chi connectivity index (χ0v) is 13.2. The molecule has 0 unspecified atom stereocenters. The lowest BCUT2D eigenvalue weighted by atomic mass is 10.1. The number of H-pyrrole nitrogens is 1. The molecule has 0 atom stereocenters. The molecular weight excluding hydrogens is 322 g/mol. The Balaban J connectivity index is 1.67. The summed E-state index contributed by atoms with van der Waals surface area (Å²) < 4.78 is 31.8. The van der Waals surface area contributed by atoms with Gasteiger partial charge in [0.05, 0.1) is 10.4 Å². The van der Waals surface area contributed by atoms with Gasteiger partial charge in [0.25, 0.3) is 0 Å². The molecule has 3 rings (SSSR count). The largest absolute Gasteiger partial charge is 0.417 e. The van der Waals surface area contributed by atoms with E-state index in [0.717, 1.165) is 12.8 Å². The number of aromatic nitrogens is 1. The number of hydrogen-bond donors (Lipinski definition) is 2. The lowest BCUT2D eigenvalue weighted by Gasteiger charge is -2.26. The molecule has 0 bridgehead atoms. The number of rotatable bonds is 5. The summed E-state index contributed by atoms with van der Waals surface area (Å²) in [5.41, 5.74) is 0.622. The predicted molar refractivity (Wildman–Crippen MR) is 82.5 cm³/mol. The standard InChI is InChI=1S/C14H17N3O5S/c18-13-3-1-2-7-17(13)8-6-15-23(20,21)10-4-5-11-12(9-10)22-14(19)16-11/h4-5,9,15H,1-3,6-8H2,(H,16,19). The summed E-state index contributed by atoms with van der Waals surface area (Å²) in [5.74, 6) is -0.572. The SMILES string of the molecule is O=C1CCCCN1CCNS(=O)(=O)c1ccc2[nH]c(=O)oc2c1. The van der Waals surface area contributed by atoms with Crippen LogP contribution >= 0.6 is 0 Å². The quantitative estimate of drug-likeness (QED) is 0.819. The van der Waals surface area contributed by atoms with Crippen molar-refractivity contribution in [1.29, 1.82) is 0 Å². The third-order valence-electron chi connectivity index (χ3n) is 3.80. The number of likely N-dealkylation sites (tertiary alicyclic amines) is 1. The Hall–Kier alpha value is -2.13. The maximum Gasteiger partial charge on any atom is 0.417 e. The van der Waals surface area contributed by atoms with E-state index in [1.165, 1.54) is 18.2 Å². The van der Waals surface area contributed by atoms with E-state index >= 15 is 0 Å². The van der Waals surface area contributed by atoms with Crippen LogP contribution in [0.5, 0.6) is 0 Å². The van der Waals surface area contributed by atoms with Crippen molar-refractivity contribution in [2.75, 3.05) is 19.6 Å². The molecule has 2 N–H and O–H groups in total. The molecule has 9 heteroatoms. The molecule has 23 heavy (non-hydrogen) atoms. The van der Waals surface area contributed by atoms with Gasteiger partial charge in [-0.15, -0.1) is 0 Å². The van der Waals surface area contributed by atoms with Crippen molar-refractivity contribution in [1.82, 2.24) is 14.6 Å². The molecule has 0 saturated carbocycles. The second kappa shape index (κ2) is 6.17. The molecule has 1 fully saturated rings. The number of sulfonamides is 1. The van der Waals surface area contributed by atoms with Gasteiger partial charge >= 0.3 is 5.76 Å². The van der Waals surface area contributed by atoms with Crippen molar-refractivity contribution in [3.8, 4) is 0 Å². The summed E-state index contributed by atoms with van der Waals surface area (Å²) in [4.78, 5) is 26.9. The Morgan fingerprint density at radius 3 is 2.87 bits per heavy atom. The summed E-state index contributed by atoms with van der Waals surface area (Å²) in [7, 11) is -3.72. The Morgan fingerprint density at radius 1 is 1.26 bits per heavy atom. The van der Waals surface area contributed by atoms with Crippen molar-refractivity contribution in [2.45, 2.75) is 24.2 Å². The van der Waals surface area contributed by atoms with Gasteiger partial charge in [-0.05, 0) is 25.0 Å². The average molecular weight is 339 g/mol. The van der Waals surface area contributed by atoms with E-state index in [0.29, 0.717) is 25.0 Å². The minimum absolute atomic E-state index is 0.0118. The lowest BCUT2D eigenvalue weighted by molar-refractivity contribution is -0.133. The molecule has 2 heterocycles. The highest BCUT2D eigenvalue weighted by atomic mass is 32.2. The molecule has 124 valence electrons. The van der Waals surface area contributed by atoms with Crippen LogP contribution in [0.25, 0.3) is 11.1 Å². The van der Waals surface area contributed by atoms with Crippen LogP contribution in [0.2, 0.25) is 0 Å². The number of hydrogen-bond acceptors (Lipinski definition) is 5. The van der Waals surface area contributed by atoms with Gasteiger partial charge in [-0.2, -0.15) is 0 Å². The third-order valence-corrected chi connectivity index (χ3v) is 5.26. The smallest absolute Gasteiger partial charge is 0.408 e. The van der Waals surface area contributed by atoms with Gasteiger partial charge in [0.1, 0.15) is 0 Å². The lowest BCUT2D eigenvalue weighted by Crippen LogP contribution is -2.41. The van der Waals surface area contributed by atoms with Crippen LogP contribution in [0, 0.1) is 0 Å². The Labute approximate surface area is 132 Å². The Kier molecular flexibility index (Phi) is 4.22. The van der Waals surface area contributed by atoms with E-state index in [-0.39, 0.29) is 22.9 Å². The zero-order chi connectivity index (χ0) is 16.4. The number of amides is 1. The maximum absolute atomic E-state index is 12.3. The van der Waals surface area contributed by atoms with Crippen LogP contribution in [-0.4, -0.2) is 43.8 Å². The normalized spacial score (nSPS) is 16.2. The Bertz CT molecular complexity index is 883. The minimum atomic E-state index is -3.72. The van der Waals surface area contributed by atoms with Gasteiger partial charge in [0.15, 0.2) is 5.58 Å². The first-order chi connectivity index (χ1) is 11.0. The van der Waals surface area contributed by atoms with Gasteiger partial charge in [0, 0.05) is 32.1 Å². The van der Waals surface area contributed by atoms with Crippen molar-refractivity contribution < 1.29 is 17.6 Å². The molecule has 1 aliphatic heterocycles. The fourth-order valence-corrected chi connectivity index (χ4v) is 3.63. The van der Waals surface area contributed by atoms with Crippen molar-refractivity contribution in [3.05, 3.63) is 28.7 Å². The zero-order valence-electron chi connectivity index (χ0n) is 12.4. The van der Waals surface area contributed by atoms with Gasteiger partial charge in [-0.25, -0.2) is 17.9 Å². The van der Waals surface area contributed by atoms with Crippen LogP contribution in [0.3, 0.4) is 0 Å². The molecule has 0 spiro atoms. The molecule has 2 aromatic rings. The van der Waals surface area contributed by atoms with E-state index in [1.807, 2.05) is 0 Å². The molecule has 0 aliphatic carbocycles. The molecule has 1 aliphatic rings. The number of carbonyl (C=O) groups excluding carboxylic acids is 1. The predicted octanol–water partition coefficient (Wildman–Crippen LogP) is 0.412. The molecule has 1 saturated heterocycles. The third kappa shape index (κ3) is 3.45. The van der Waals surface area contributed by atoms with Crippen molar-refractivity contribution in [3.63, 3.8) is 0 Å². The molecule has 1 amide bonds. The van der Waals surface area contributed by atoms with Crippen molar-refractivity contribution >= 4 is 27.0 Å². The summed E-state index contributed by atoms with van der Waals surface area (Å²) in [5, 5.41) is 0. The molecule has 1 aromatic carbocycles. The fourth-order valence-electron chi connectivity index (χ4n) is 2.59. The summed E-state index contributed by atoms with van der Waals surface area (Å²) in [6, 6.07) is 4.16. The monoisotopic (exact) mass is 339 g/mol. The van der Waals surface area contributed by atoms with Gasteiger partial charge < -0.3 is 9.32 Å². The van der Waals surface area contributed by atoms with Gasteiger partial charge in [0.2, 0.25) is 15.9 Å².